The summed E-state index contributed by atoms with van der Waals surface area (Å²) >= 11 is 0. The van der Waals surface area contributed by atoms with E-state index in [0.717, 1.165) is 16.5 Å². The largest absolute Gasteiger partial charge is 0.459 e. The zero-order chi connectivity index (χ0) is 52.3. The van der Waals surface area contributed by atoms with Crippen LogP contribution in [0.15, 0.2) is 47.1 Å². The quantitative estimate of drug-likeness (QED) is 0.259. The second-order valence-electron chi connectivity index (χ2n) is 21.5. The monoisotopic (exact) mass is 996 g/mol. The minimum atomic E-state index is -1.84. The Bertz CT molecular complexity index is 2240. The van der Waals surface area contributed by atoms with Gasteiger partial charge in [-0.05, 0) is 110 Å². The van der Waals surface area contributed by atoms with E-state index < -0.39 is 114 Å². The molecule has 6 rings (SSSR count). The minimum absolute atomic E-state index is 0.00342. The SMILES string of the molecule is CC[C@H]1OC(=O)[C@H](C)[C@@H](O[C@H]2C[C@@](C)(OC)[C@@H](OC(C)=O)[C@H](C)O2)[C@H](C)[C@@H](O[C@@H]2O[C@H](C)C[C@H](N(C)C)[C@H]2O)[C@@]2(C)C[C@@H](C)C(=NC(C)=O)[C@H](C)[C@@H](OC/C(=C/c3cnc4ccccc4c3)CO2)[C@]1(C)O. The number of aliphatic imine (C=N–C) groups is 1. The summed E-state index contributed by atoms with van der Waals surface area (Å²) in [6.45, 7) is 21.0. The van der Waals surface area contributed by atoms with Crippen molar-refractivity contribution >= 4 is 40.5 Å². The van der Waals surface area contributed by atoms with E-state index in [0.29, 0.717) is 17.7 Å². The number of methoxy groups -OCH3 is 1. The summed E-state index contributed by atoms with van der Waals surface area (Å²) in [6.07, 6.45) is -4.58. The second kappa shape index (κ2) is 23.2. The van der Waals surface area contributed by atoms with Gasteiger partial charge in [0.1, 0.15) is 23.4 Å². The molecule has 0 spiro atoms. The van der Waals surface area contributed by atoms with E-state index in [1.807, 2.05) is 104 Å². The number of cyclic esters (lactones) is 1. The molecule has 1 amide bonds. The van der Waals surface area contributed by atoms with Crippen LogP contribution in [-0.4, -0.2) is 162 Å². The summed E-state index contributed by atoms with van der Waals surface area (Å²) in [6, 6.07) is 9.52. The van der Waals surface area contributed by atoms with Crippen LogP contribution >= 0.6 is 0 Å². The van der Waals surface area contributed by atoms with Gasteiger partial charge in [0.05, 0.1) is 60.8 Å². The number of carbonyl (C=O) groups is 3. The number of nitrogens with zero attached hydrogens (tertiary/aromatic N) is 3. The molecule has 2 aromatic rings. The Balaban J connectivity index is 1.59. The first-order valence-electron chi connectivity index (χ1n) is 25.3. The van der Waals surface area contributed by atoms with Crippen molar-refractivity contribution in [2.75, 3.05) is 34.4 Å². The molecular formula is C54H81N3O14. The Hall–Kier alpha value is -3.75. The third kappa shape index (κ3) is 12.8. The molecule has 71 heavy (non-hydrogen) atoms. The van der Waals surface area contributed by atoms with Gasteiger partial charge in [0.2, 0.25) is 5.91 Å². The molecule has 18 atom stereocenters. The highest BCUT2D eigenvalue weighted by molar-refractivity contribution is 5.98. The fraction of sp³-hybridized carbons (Fsp3) is 0.722. The highest BCUT2D eigenvalue weighted by Crippen LogP contribution is 2.44. The van der Waals surface area contributed by atoms with Gasteiger partial charge >= 0.3 is 11.9 Å². The lowest BCUT2D eigenvalue weighted by Gasteiger charge is -2.50. The molecule has 4 fully saturated rings. The number of fused-ring (bicyclic) bond motifs is 6. The van der Waals surface area contributed by atoms with Crippen molar-refractivity contribution < 1.29 is 67.2 Å². The van der Waals surface area contributed by atoms with Gasteiger partial charge in [-0.25, -0.2) is 4.99 Å². The first-order valence-corrected chi connectivity index (χ1v) is 25.3. The summed E-state index contributed by atoms with van der Waals surface area (Å²) in [5.41, 5.74) is -1.48. The van der Waals surface area contributed by atoms with Crippen LogP contribution in [0.3, 0.4) is 0 Å². The van der Waals surface area contributed by atoms with Gasteiger partial charge in [-0.3, -0.25) is 19.4 Å². The van der Waals surface area contributed by atoms with E-state index in [2.05, 4.69) is 4.99 Å². The molecule has 17 heteroatoms. The van der Waals surface area contributed by atoms with Gasteiger partial charge < -0.3 is 57.7 Å². The Kier molecular flexibility index (Phi) is 18.5. The molecule has 1 aromatic carbocycles. The van der Waals surface area contributed by atoms with Crippen molar-refractivity contribution in [3.05, 3.63) is 47.7 Å². The number of hydrogen-bond acceptors (Lipinski definition) is 16. The van der Waals surface area contributed by atoms with Crippen LogP contribution in [0.2, 0.25) is 0 Å². The highest BCUT2D eigenvalue weighted by Gasteiger charge is 2.55. The van der Waals surface area contributed by atoms with E-state index in [9.17, 15) is 24.6 Å². The van der Waals surface area contributed by atoms with Crippen LogP contribution in [0, 0.1) is 23.7 Å². The number of amides is 1. The zero-order valence-electron chi connectivity index (χ0n) is 44.6. The number of aliphatic hydroxyl groups excluding tert-OH is 1. The molecule has 0 saturated carbocycles. The van der Waals surface area contributed by atoms with E-state index in [-0.39, 0.29) is 44.6 Å². The van der Waals surface area contributed by atoms with E-state index in [4.69, 9.17) is 47.6 Å². The number of para-hydroxylation sites is 1. The van der Waals surface area contributed by atoms with Crippen molar-refractivity contribution in [2.24, 2.45) is 28.7 Å². The molecule has 5 heterocycles. The first kappa shape index (κ1) is 56.5. The number of carbonyl (C=O) groups excluding carboxylic acids is 3. The summed E-state index contributed by atoms with van der Waals surface area (Å²) < 4.78 is 59.7. The van der Waals surface area contributed by atoms with Crippen LogP contribution in [0.25, 0.3) is 17.0 Å². The minimum Gasteiger partial charge on any atom is -0.459 e. The molecule has 4 aliphatic rings. The maximum absolute atomic E-state index is 15.0. The van der Waals surface area contributed by atoms with Crippen LogP contribution in [0.4, 0.5) is 0 Å². The molecule has 0 aliphatic carbocycles. The number of esters is 2. The van der Waals surface area contributed by atoms with E-state index >= 15 is 0 Å². The number of aliphatic hydroxyl groups is 2. The maximum atomic E-state index is 15.0. The van der Waals surface area contributed by atoms with Crippen molar-refractivity contribution in [3.63, 3.8) is 0 Å². The third-order valence-corrected chi connectivity index (χ3v) is 15.4. The van der Waals surface area contributed by atoms with Gasteiger partial charge in [0.15, 0.2) is 18.7 Å². The first-order chi connectivity index (χ1) is 33.3. The average molecular weight is 996 g/mol. The van der Waals surface area contributed by atoms with Crippen LogP contribution in [-0.2, 0) is 57.0 Å². The van der Waals surface area contributed by atoms with Gasteiger partial charge in [-0.1, -0.05) is 45.9 Å². The Morgan fingerprint density at radius 3 is 2.32 bits per heavy atom. The topological polar surface area (TPSA) is 203 Å². The zero-order valence-corrected chi connectivity index (χ0v) is 44.6. The molecule has 4 saturated heterocycles. The fourth-order valence-corrected chi connectivity index (χ4v) is 11.6. The fourth-order valence-electron chi connectivity index (χ4n) is 11.6. The summed E-state index contributed by atoms with van der Waals surface area (Å²) in [4.78, 5) is 51.8. The Labute approximate surface area is 420 Å². The molecule has 0 unspecified atom stereocenters. The molecule has 1 aromatic heterocycles. The molecule has 2 N–H and O–H groups in total. The standard InChI is InChI=1S/C54H81N3O14/c1-16-42-54(12,62)48-31(4)44(56-35(8)58)29(2)24-53(11,65-28-38(27-64-48)22-37-23-39-19-17-18-20-40(39)55-26-37)47(71-51-45(60)41(57(13)14)21-30(3)66-51)32(5)46(33(6)50(61)69-42)70-43-25-52(10,63-15)49(34(7)67-43)68-36(9)59/h17-20,22-23,26,29-34,41-43,45-49,51,60,62H,16,21,24-25,27-28H2,1-15H3/b38-22-,56-44?/t29-,30-,31+,32+,33-,34+,41+,42-,43+,45-,46+,47-,48-,49+,51+,52-,53-,54-/m1/s1. The number of hydrogen-bond donors (Lipinski definition) is 2. The molecule has 2 bridgehead atoms. The van der Waals surface area contributed by atoms with Gasteiger partial charge in [0.25, 0.3) is 0 Å². The molecule has 396 valence electrons. The Morgan fingerprint density at radius 1 is 0.972 bits per heavy atom. The average Bonchev–Trinajstić information content (AvgIpc) is 3.32. The lowest BCUT2D eigenvalue weighted by molar-refractivity contribution is -0.320. The maximum Gasteiger partial charge on any atom is 0.311 e. The summed E-state index contributed by atoms with van der Waals surface area (Å²) in [7, 11) is 5.33. The number of pyridine rings is 1. The van der Waals surface area contributed by atoms with Crippen LogP contribution in [0.5, 0.6) is 0 Å². The number of ether oxygens (including phenoxy) is 9. The number of rotatable bonds is 9. The van der Waals surface area contributed by atoms with Crippen molar-refractivity contribution in [1.29, 1.82) is 0 Å². The number of aromatic nitrogens is 1. The van der Waals surface area contributed by atoms with Crippen molar-refractivity contribution in [2.45, 2.75) is 193 Å². The smallest absolute Gasteiger partial charge is 0.311 e. The van der Waals surface area contributed by atoms with Crippen LogP contribution < -0.4 is 0 Å². The number of benzene rings is 1. The van der Waals surface area contributed by atoms with Gasteiger partial charge in [0, 0.05) is 62.6 Å². The van der Waals surface area contributed by atoms with Gasteiger partial charge in [-0.15, -0.1) is 0 Å². The summed E-state index contributed by atoms with van der Waals surface area (Å²) in [5.74, 6) is -4.64. The van der Waals surface area contributed by atoms with Crippen molar-refractivity contribution in [3.8, 4) is 0 Å². The van der Waals surface area contributed by atoms with Gasteiger partial charge in [-0.2, -0.15) is 0 Å². The third-order valence-electron chi connectivity index (χ3n) is 15.4. The molecule has 17 nitrogen and oxygen atoms in total. The predicted octanol–water partition coefficient (Wildman–Crippen LogP) is 6.47. The normalized spacial score (nSPS) is 41.2. The van der Waals surface area contributed by atoms with Crippen molar-refractivity contribution in [1.82, 2.24) is 9.88 Å². The molecular weight excluding hydrogens is 915 g/mol. The molecule has 0 radical (unpaired) electrons. The lowest BCUT2D eigenvalue weighted by atomic mass is 9.73. The lowest BCUT2D eigenvalue weighted by Crippen LogP contribution is -2.62. The second-order valence-corrected chi connectivity index (χ2v) is 21.5. The predicted molar refractivity (Wildman–Crippen MR) is 266 cm³/mol. The van der Waals surface area contributed by atoms with E-state index in [1.165, 1.54) is 21.0 Å². The van der Waals surface area contributed by atoms with E-state index in [1.54, 1.807) is 27.0 Å². The summed E-state index contributed by atoms with van der Waals surface area (Å²) in [5, 5.41) is 26.0. The highest BCUT2D eigenvalue weighted by atomic mass is 16.7. The van der Waals surface area contributed by atoms with Crippen LogP contribution in [0.1, 0.15) is 114 Å². The molecule has 4 aliphatic heterocycles. The number of likely N-dealkylation sites (N-methyl/N-ethyl adjacent to an activating group) is 1. The Morgan fingerprint density at radius 2 is 1.68 bits per heavy atom.